The lowest BCUT2D eigenvalue weighted by molar-refractivity contribution is -0.133. The van der Waals surface area contributed by atoms with E-state index in [1.165, 1.54) is 0 Å². The third-order valence-corrected chi connectivity index (χ3v) is 3.67. The number of urea groups is 1. The van der Waals surface area contributed by atoms with E-state index in [1.54, 1.807) is 17.0 Å². The number of benzene rings is 1. The fraction of sp³-hybridized carbons (Fsp3) is 0.444. The summed E-state index contributed by atoms with van der Waals surface area (Å²) >= 11 is 0. The van der Waals surface area contributed by atoms with Gasteiger partial charge in [0.2, 0.25) is 5.91 Å². The first-order chi connectivity index (χ1) is 11.5. The Balaban J connectivity index is 1.74. The minimum Gasteiger partial charge on any atom is -0.489 e. The molecule has 6 nitrogen and oxygen atoms in total. The second-order valence-corrected chi connectivity index (χ2v) is 5.99. The quantitative estimate of drug-likeness (QED) is 0.755. The number of nitrogens with one attached hydrogen (secondary N) is 2. The van der Waals surface area contributed by atoms with Crippen LogP contribution in [0.2, 0.25) is 0 Å². The van der Waals surface area contributed by atoms with Gasteiger partial charge in [-0.3, -0.25) is 4.79 Å². The van der Waals surface area contributed by atoms with Crippen molar-refractivity contribution >= 4 is 17.6 Å². The number of nitrogens with zero attached hydrogens (tertiary/aromatic N) is 1. The number of piperidine rings is 1. The van der Waals surface area contributed by atoms with Gasteiger partial charge in [0.25, 0.3) is 0 Å². The number of anilines is 1. The van der Waals surface area contributed by atoms with Crippen molar-refractivity contribution in [3.05, 3.63) is 36.4 Å². The Morgan fingerprint density at radius 3 is 2.96 bits per heavy atom. The van der Waals surface area contributed by atoms with E-state index in [0.717, 1.165) is 25.0 Å². The molecule has 0 saturated carbocycles. The molecule has 0 spiro atoms. The topological polar surface area (TPSA) is 70.7 Å². The van der Waals surface area contributed by atoms with Gasteiger partial charge >= 0.3 is 6.03 Å². The first kappa shape index (κ1) is 17.8. The van der Waals surface area contributed by atoms with Crippen molar-refractivity contribution in [2.45, 2.75) is 26.2 Å². The molecule has 1 aliphatic rings. The van der Waals surface area contributed by atoms with Crippen LogP contribution in [0.5, 0.6) is 5.75 Å². The first-order valence-corrected chi connectivity index (χ1v) is 8.24. The number of hydrogen-bond donors (Lipinski definition) is 2. The molecular weight excluding hydrogens is 306 g/mol. The van der Waals surface area contributed by atoms with Crippen molar-refractivity contribution in [3.63, 3.8) is 0 Å². The summed E-state index contributed by atoms with van der Waals surface area (Å²) in [5.41, 5.74) is 1.58. The molecule has 3 amide bonds. The lowest BCUT2D eigenvalue weighted by Crippen LogP contribution is -2.41. The van der Waals surface area contributed by atoms with Gasteiger partial charge in [-0.05, 0) is 37.5 Å². The zero-order valence-electron chi connectivity index (χ0n) is 14.1. The summed E-state index contributed by atoms with van der Waals surface area (Å²) in [5, 5.41) is 5.53. The SMILES string of the molecule is C=C(C)COc1cccc(NC(=O)NCCN2CCCCC2=O)c1. The van der Waals surface area contributed by atoms with Gasteiger partial charge < -0.3 is 20.3 Å². The Morgan fingerprint density at radius 1 is 1.38 bits per heavy atom. The molecule has 0 aromatic heterocycles. The number of carbonyl (C=O) groups excluding carboxylic acids is 2. The molecule has 1 aromatic carbocycles. The van der Waals surface area contributed by atoms with E-state index in [1.807, 2.05) is 19.1 Å². The van der Waals surface area contributed by atoms with Crippen LogP contribution >= 0.6 is 0 Å². The third kappa shape index (κ3) is 5.95. The van der Waals surface area contributed by atoms with Gasteiger partial charge in [0, 0.05) is 37.8 Å². The normalized spacial score (nSPS) is 14.2. The van der Waals surface area contributed by atoms with Gasteiger partial charge in [-0.25, -0.2) is 4.79 Å². The summed E-state index contributed by atoms with van der Waals surface area (Å²) in [6, 6.07) is 6.90. The molecule has 1 heterocycles. The molecule has 1 fully saturated rings. The lowest BCUT2D eigenvalue weighted by atomic mass is 10.1. The van der Waals surface area contributed by atoms with Crippen LogP contribution in [0.4, 0.5) is 10.5 Å². The molecule has 1 saturated heterocycles. The molecule has 2 rings (SSSR count). The average molecular weight is 331 g/mol. The molecule has 6 heteroatoms. The van der Waals surface area contributed by atoms with Crippen LogP contribution in [0, 0.1) is 0 Å². The number of likely N-dealkylation sites (tertiary alicyclic amines) is 1. The third-order valence-electron chi connectivity index (χ3n) is 3.67. The summed E-state index contributed by atoms with van der Waals surface area (Å²) in [7, 11) is 0. The predicted molar refractivity (Wildman–Crippen MR) is 94.2 cm³/mol. The Labute approximate surface area is 142 Å². The van der Waals surface area contributed by atoms with E-state index in [2.05, 4.69) is 17.2 Å². The number of carbonyl (C=O) groups is 2. The predicted octanol–water partition coefficient (Wildman–Crippen LogP) is 2.78. The highest BCUT2D eigenvalue weighted by atomic mass is 16.5. The van der Waals surface area contributed by atoms with E-state index in [9.17, 15) is 9.59 Å². The smallest absolute Gasteiger partial charge is 0.319 e. The zero-order chi connectivity index (χ0) is 17.4. The Hall–Kier alpha value is -2.50. The van der Waals surface area contributed by atoms with Crippen LogP contribution in [0.3, 0.4) is 0 Å². The maximum absolute atomic E-state index is 11.9. The maximum Gasteiger partial charge on any atom is 0.319 e. The molecule has 1 aliphatic heterocycles. The van der Waals surface area contributed by atoms with Gasteiger partial charge in [0.1, 0.15) is 12.4 Å². The van der Waals surface area contributed by atoms with Crippen LogP contribution in [0.15, 0.2) is 36.4 Å². The summed E-state index contributed by atoms with van der Waals surface area (Å²) in [6.07, 6.45) is 2.62. The van der Waals surface area contributed by atoms with Crippen molar-refractivity contribution in [2.24, 2.45) is 0 Å². The van der Waals surface area contributed by atoms with Gasteiger partial charge in [0.15, 0.2) is 0 Å². The fourth-order valence-electron chi connectivity index (χ4n) is 2.45. The number of amides is 3. The minimum atomic E-state index is -0.295. The molecule has 24 heavy (non-hydrogen) atoms. The summed E-state index contributed by atoms with van der Waals surface area (Å²) in [5.74, 6) is 0.848. The monoisotopic (exact) mass is 331 g/mol. The molecule has 2 N–H and O–H groups in total. The zero-order valence-corrected chi connectivity index (χ0v) is 14.1. The van der Waals surface area contributed by atoms with Crippen molar-refractivity contribution in [3.8, 4) is 5.75 Å². The van der Waals surface area contributed by atoms with Gasteiger partial charge in [0.05, 0.1) is 0 Å². The summed E-state index contributed by atoms with van der Waals surface area (Å²) < 4.78 is 5.55. The highest BCUT2D eigenvalue weighted by Gasteiger charge is 2.17. The number of ether oxygens (including phenoxy) is 1. The van der Waals surface area contributed by atoms with Crippen molar-refractivity contribution in [1.82, 2.24) is 10.2 Å². The van der Waals surface area contributed by atoms with Crippen LogP contribution in [-0.4, -0.2) is 43.1 Å². The van der Waals surface area contributed by atoms with Crippen molar-refractivity contribution in [2.75, 3.05) is 31.6 Å². The molecule has 130 valence electrons. The van der Waals surface area contributed by atoms with Crippen molar-refractivity contribution in [1.29, 1.82) is 0 Å². The van der Waals surface area contributed by atoms with Crippen LogP contribution < -0.4 is 15.4 Å². The van der Waals surface area contributed by atoms with Crippen molar-refractivity contribution < 1.29 is 14.3 Å². The molecular formula is C18H25N3O3. The highest BCUT2D eigenvalue weighted by molar-refractivity contribution is 5.89. The largest absolute Gasteiger partial charge is 0.489 e. The van der Waals surface area contributed by atoms with Crippen LogP contribution in [0.1, 0.15) is 26.2 Å². The van der Waals surface area contributed by atoms with E-state index in [4.69, 9.17) is 4.74 Å². The van der Waals surface area contributed by atoms with Crippen LogP contribution in [0.25, 0.3) is 0 Å². The van der Waals surface area contributed by atoms with Gasteiger partial charge in [-0.2, -0.15) is 0 Å². The molecule has 0 bridgehead atoms. The van der Waals surface area contributed by atoms with E-state index in [-0.39, 0.29) is 11.9 Å². The fourth-order valence-corrected chi connectivity index (χ4v) is 2.45. The van der Waals surface area contributed by atoms with E-state index >= 15 is 0 Å². The Morgan fingerprint density at radius 2 is 2.21 bits per heavy atom. The van der Waals surface area contributed by atoms with Gasteiger partial charge in [-0.1, -0.05) is 12.6 Å². The van der Waals surface area contributed by atoms with E-state index < -0.39 is 0 Å². The second kappa shape index (κ2) is 8.96. The van der Waals surface area contributed by atoms with Crippen LogP contribution in [-0.2, 0) is 4.79 Å². The highest BCUT2D eigenvalue weighted by Crippen LogP contribution is 2.17. The molecule has 1 aromatic rings. The summed E-state index contributed by atoms with van der Waals surface area (Å²) in [4.78, 5) is 25.4. The molecule has 0 radical (unpaired) electrons. The molecule has 0 aliphatic carbocycles. The second-order valence-electron chi connectivity index (χ2n) is 5.99. The lowest BCUT2D eigenvalue weighted by Gasteiger charge is -2.26. The van der Waals surface area contributed by atoms with E-state index in [0.29, 0.717) is 37.6 Å². The average Bonchev–Trinajstić information content (AvgIpc) is 2.55. The van der Waals surface area contributed by atoms with Gasteiger partial charge in [-0.15, -0.1) is 0 Å². The number of rotatable bonds is 7. The first-order valence-electron chi connectivity index (χ1n) is 8.24. The summed E-state index contributed by atoms with van der Waals surface area (Å²) in [6.45, 7) is 7.89. The minimum absolute atomic E-state index is 0.172. The molecule has 0 atom stereocenters. The maximum atomic E-state index is 11.9. The Kier molecular flexibility index (Phi) is 6.66. The Bertz CT molecular complexity index is 601. The number of hydrogen-bond acceptors (Lipinski definition) is 3. The standard InChI is InChI=1S/C18H25N3O3/c1-14(2)13-24-16-7-5-6-15(12-16)20-18(23)19-9-11-21-10-4-3-8-17(21)22/h5-7,12H,1,3-4,8-11,13H2,2H3,(H2,19,20,23). The molecule has 0 unspecified atom stereocenters.